The molecule has 2 aromatic heterocycles. The number of H-pyrrole nitrogens is 1. The first-order chi connectivity index (χ1) is 11.1. The van der Waals surface area contributed by atoms with Crippen molar-refractivity contribution in [3.05, 3.63) is 59.9 Å². The van der Waals surface area contributed by atoms with Gasteiger partial charge in [0.15, 0.2) is 10.9 Å². The highest BCUT2D eigenvalue weighted by atomic mass is 32.2. The molecule has 3 aromatic rings. The molecule has 0 fully saturated rings. The maximum absolute atomic E-state index is 11.9. The third-order valence-electron chi connectivity index (χ3n) is 3.12. The minimum absolute atomic E-state index is 0.0303. The highest BCUT2D eigenvalue weighted by Gasteiger charge is 2.20. The lowest BCUT2D eigenvalue weighted by Gasteiger charge is -1.98. The second-order valence-corrected chi connectivity index (χ2v) is 6.03. The summed E-state index contributed by atoms with van der Waals surface area (Å²) in [6, 6.07) is 9.80. The summed E-state index contributed by atoms with van der Waals surface area (Å²) < 4.78 is 5.43. The summed E-state index contributed by atoms with van der Waals surface area (Å²) in [6.45, 7) is 2.02. The zero-order valence-electron chi connectivity index (χ0n) is 12.3. The number of Topliss-reactive ketones (excluding diaryl/α,β-unsaturated/α-hetero) is 2. The number of nitrogens with zero attached hydrogens (tertiary/aromatic N) is 2. The van der Waals surface area contributed by atoms with Gasteiger partial charge in [-0.25, -0.2) is 4.98 Å². The number of benzene rings is 1. The number of nitrogens with one attached hydrogen (secondary N) is 1. The summed E-state index contributed by atoms with van der Waals surface area (Å²) in [4.78, 5) is 28.5. The number of aromatic amines is 1. The maximum Gasteiger partial charge on any atom is 0.265 e. The fraction of sp³-hybridized carbons (Fsp3) is 0.125. The van der Waals surface area contributed by atoms with Crippen LogP contribution >= 0.6 is 11.8 Å². The van der Waals surface area contributed by atoms with Crippen LogP contribution in [0.5, 0.6) is 0 Å². The number of carbonyl (C=O) groups excluding carboxylic acids is 2. The van der Waals surface area contributed by atoms with Gasteiger partial charge >= 0.3 is 0 Å². The van der Waals surface area contributed by atoms with Crippen LogP contribution in [0.4, 0.5) is 0 Å². The van der Waals surface area contributed by atoms with Crippen molar-refractivity contribution in [3.63, 3.8) is 0 Å². The van der Waals surface area contributed by atoms with Crippen molar-refractivity contribution >= 4 is 23.3 Å². The Morgan fingerprint density at radius 2 is 2.04 bits per heavy atom. The van der Waals surface area contributed by atoms with Gasteiger partial charge < -0.3 is 4.42 Å². The Balaban J connectivity index is 1.64. The molecule has 0 aliphatic carbocycles. The van der Waals surface area contributed by atoms with Crippen molar-refractivity contribution in [2.45, 2.75) is 23.3 Å². The Kier molecular flexibility index (Phi) is 4.38. The van der Waals surface area contributed by atoms with Crippen molar-refractivity contribution < 1.29 is 14.0 Å². The van der Waals surface area contributed by atoms with E-state index >= 15 is 0 Å². The molecule has 0 saturated carbocycles. The van der Waals surface area contributed by atoms with Gasteiger partial charge in [-0.2, -0.15) is 5.10 Å². The average molecular weight is 327 g/mol. The van der Waals surface area contributed by atoms with E-state index < -0.39 is 11.6 Å². The molecule has 0 amide bonds. The maximum atomic E-state index is 11.9. The van der Waals surface area contributed by atoms with Crippen LogP contribution in [-0.2, 0) is 11.2 Å². The van der Waals surface area contributed by atoms with Gasteiger partial charge in [-0.05, 0) is 30.7 Å². The summed E-state index contributed by atoms with van der Waals surface area (Å²) in [5, 5.41) is 6.62. The Morgan fingerprint density at radius 1 is 1.26 bits per heavy atom. The van der Waals surface area contributed by atoms with E-state index in [1.807, 2.05) is 31.2 Å². The Labute approximate surface area is 136 Å². The molecular weight excluding hydrogens is 314 g/mol. The molecule has 0 aliphatic heterocycles. The van der Waals surface area contributed by atoms with Gasteiger partial charge in [0.1, 0.15) is 6.33 Å². The van der Waals surface area contributed by atoms with Crippen LogP contribution < -0.4 is 0 Å². The Morgan fingerprint density at radius 3 is 2.74 bits per heavy atom. The summed E-state index contributed by atoms with van der Waals surface area (Å²) >= 11 is 1.46. The standard InChI is InChI=1S/C16H13N3O3S/c1-10-2-4-12(5-3-10)23-14-7-11(8-22-14)6-13(20)15(21)16-17-9-18-19-16/h2-5,7-9H,6H2,1H3,(H,17,18,19). The van der Waals surface area contributed by atoms with Gasteiger partial charge in [0.05, 0.1) is 6.26 Å². The van der Waals surface area contributed by atoms with E-state index in [1.165, 1.54) is 29.9 Å². The number of ketones is 2. The molecule has 0 aliphatic rings. The number of hydrogen-bond acceptors (Lipinski definition) is 6. The molecule has 0 bridgehead atoms. The lowest BCUT2D eigenvalue weighted by Crippen LogP contribution is -2.17. The highest BCUT2D eigenvalue weighted by Crippen LogP contribution is 2.29. The number of rotatable bonds is 6. The van der Waals surface area contributed by atoms with E-state index in [0.29, 0.717) is 10.7 Å². The van der Waals surface area contributed by atoms with Crippen LogP contribution in [0.3, 0.4) is 0 Å². The predicted octanol–water partition coefficient (Wildman–Crippen LogP) is 2.85. The van der Waals surface area contributed by atoms with E-state index in [1.54, 1.807) is 6.07 Å². The first kappa shape index (κ1) is 15.2. The van der Waals surface area contributed by atoms with Gasteiger partial charge in [0, 0.05) is 11.3 Å². The zero-order chi connectivity index (χ0) is 16.2. The van der Waals surface area contributed by atoms with Crippen LogP contribution in [0.25, 0.3) is 0 Å². The van der Waals surface area contributed by atoms with E-state index in [2.05, 4.69) is 15.2 Å². The molecule has 0 spiro atoms. The largest absolute Gasteiger partial charge is 0.457 e. The van der Waals surface area contributed by atoms with E-state index in [9.17, 15) is 9.59 Å². The van der Waals surface area contributed by atoms with Crippen molar-refractivity contribution in [2.24, 2.45) is 0 Å². The smallest absolute Gasteiger partial charge is 0.265 e. The number of furan rings is 1. The number of carbonyl (C=O) groups is 2. The van der Waals surface area contributed by atoms with Crippen LogP contribution in [0, 0.1) is 6.92 Å². The monoisotopic (exact) mass is 327 g/mol. The van der Waals surface area contributed by atoms with Gasteiger partial charge in [0.25, 0.3) is 5.78 Å². The molecule has 0 unspecified atom stereocenters. The van der Waals surface area contributed by atoms with Crippen LogP contribution in [-0.4, -0.2) is 26.7 Å². The Hall–Kier alpha value is -2.67. The molecule has 23 heavy (non-hydrogen) atoms. The quantitative estimate of drug-likeness (QED) is 0.553. The Bertz CT molecular complexity index is 823. The van der Waals surface area contributed by atoms with E-state index in [4.69, 9.17) is 4.42 Å². The molecule has 0 radical (unpaired) electrons. The SMILES string of the molecule is Cc1ccc(Sc2cc(CC(=O)C(=O)c3ncn[nH]3)co2)cc1. The third kappa shape index (κ3) is 3.75. The van der Waals surface area contributed by atoms with Gasteiger partial charge in [-0.3, -0.25) is 14.7 Å². The van der Waals surface area contributed by atoms with Crippen molar-refractivity contribution in [2.75, 3.05) is 0 Å². The zero-order valence-corrected chi connectivity index (χ0v) is 13.1. The minimum Gasteiger partial charge on any atom is -0.457 e. The fourth-order valence-corrected chi connectivity index (χ4v) is 2.75. The van der Waals surface area contributed by atoms with Gasteiger partial charge in [0.2, 0.25) is 5.78 Å². The molecule has 7 heteroatoms. The molecule has 1 aromatic carbocycles. The van der Waals surface area contributed by atoms with Gasteiger partial charge in [-0.15, -0.1) is 0 Å². The van der Waals surface area contributed by atoms with Crippen molar-refractivity contribution in [1.82, 2.24) is 15.2 Å². The molecule has 1 N–H and O–H groups in total. The first-order valence-electron chi connectivity index (χ1n) is 6.86. The molecule has 6 nitrogen and oxygen atoms in total. The van der Waals surface area contributed by atoms with Gasteiger partial charge in [-0.1, -0.05) is 29.5 Å². The van der Waals surface area contributed by atoms with Crippen molar-refractivity contribution in [3.8, 4) is 0 Å². The number of aryl methyl sites for hydroxylation is 1. The molecule has 0 atom stereocenters. The lowest BCUT2D eigenvalue weighted by atomic mass is 10.1. The first-order valence-corrected chi connectivity index (χ1v) is 7.68. The fourth-order valence-electron chi connectivity index (χ4n) is 1.93. The van der Waals surface area contributed by atoms with Crippen LogP contribution in [0.15, 0.2) is 57.3 Å². The number of hydrogen-bond donors (Lipinski definition) is 1. The van der Waals surface area contributed by atoms with E-state index in [-0.39, 0.29) is 12.2 Å². The average Bonchev–Trinajstić information content (AvgIpc) is 3.21. The normalized spacial score (nSPS) is 10.7. The summed E-state index contributed by atoms with van der Waals surface area (Å²) in [6.07, 6.45) is 2.65. The molecule has 3 rings (SSSR count). The number of aromatic nitrogens is 3. The predicted molar refractivity (Wildman–Crippen MR) is 83.4 cm³/mol. The second-order valence-electron chi connectivity index (χ2n) is 4.95. The molecule has 2 heterocycles. The summed E-state index contributed by atoms with van der Waals surface area (Å²) in [5.41, 5.74) is 1.84. The van der Waals surface area contributed by atoms with Crippen LogP contribution in [0.1, 0.15) is 21.7 Å². The molecular formula is C16H13N3O3S. The molecule has 0 saturated heterocycles. The van der Waals surface area contributed by atoms with Crippen LogP contribution in [0.2, 0.25) is 0 Å². The van der Waals surface area contributed by atoms with Crippen molar-refractivity contribution in [1.29, 1.82) is 0 Å². The molecule has 116 valence electrons. The lowest BCUT2D eigenvalue weighted by molar-refractivity contribution is -0.114. The second kappa shape index (κ2) is 6.62. The third-order valence-corrected chi connectivity index (χ3v) is 4.04. The minimum atomic E-state index is -0.684. The van der Waals surface area contributed by atoms with E-state index in [0.717, 1.165) is 4.90 Å². The summed E-state index contributed by atoms with van der Waals surface area (Å²) in [7, 11) is 0. The summed E-state index contributed by atoms with van der Waals surface area (Å²) in [5.74, 6) is -1.29. The topological polar surface area (TPSA) is 88.9 Å². The highest BCUT2D eigenvalue weighted by molar-refractivity contribution is 7.99.